The molecule has 0 aliphatic carbocycles. The topological polar surface area (TPSA) is 53.6 Å². The van der Waals surface area contributed by atoms with Crippen molar-refractivity contribution in [2.75, 3.05) is 43.1 Å². The number of carbonyl (C=O) groups excluding carboxylic acids is 1. The number of benzene rings is 1. The van der Waals surface area contributed by atoms with Crippen LogP contribution in [-0.2, 0) is 10.9 Å². The molecule has 0 unspecified atom stereocenters. The van der Waals surface area contributed by atoms with Gasteiger partial charge in [0.2, 0.25) is 0 Å². The van der Waals surface area contributed by atoms with Gasteiger partial charge in [0, 0.05) is 25.0 Å². The summed E-state index contributed by atoms with van der Waals surface area (Å²) in [6.07, 6.45) is -2.47. The molecule has 2 fully saturated rings. The van der Waals surface area contributed by atoms with Gasteiger partial charge in [-0.05, 0) is 31.0 Å². The number of rotatable bonds is 4. The molecule has 8 heteroatoms. The summed E-state index contributed by atoms with van der Waals surface area (Å²) in [6, 6.07) is 2.99. The predicted molar refractivity (Wildman–Crippen MR) is 88.8 cm³/mol. The van der Waals surface area contributed by atoms with Gasteiger partial charge < -0.3 is 20.3 Å². The maximum Gasteiger partial charge on any atom is 0.416 e. The van der Waals surface area contributed by atoms with Gasteiger partial charge in [-0.25, -0.2) is 4.79 Å². The first-order valence-electron chi connectivity index (χ1n) is 8.36. The Kier molecular flexibility index (Phi) is 4.81. The van der Waals surface area contributed by atoms with Crippen LogP contribution in [-0.4, -0.2) is 38.9 Å². The monoisotopic (exact) mass is 357 g/mol. The van der Waals surface area contributed by atoms with Crippen molar-refractivity contribution in [3.8, 4) is 0 Å². The summed E-state index contributed by atoms with van der Waals surface area (Å²) in [5.41, 5.74) is -0.0728. The number of ether oxygens (including phenoxy) is 1. The Labute approximate surface area is 144 Å². The highest BCUT2D eigenvalue weighted by Gasteiger charge is 2.34. The summed E-state index contributed by atoms with van der Waals surface area (Å²) in [6.45, 7) is 5.08. The lowest BCUT2D eigenvalue weighted by Crippen LogP contribution is -2.49. The number of halogens is 3. The zero-order valence-electron chi connectivity index (χ0n) is 14.1. The van der Waals surface area contributed by atoms with E-state index in [1.165, 1.54) is 6.07 Å². The summed E-state index contributed by atoms with van der Waals surface area (Å²) < 4.78 is 44.2. The fourth-order valence-corrected chi connectivity index (χ4v) is 3.06. The Hall–Kier alpha value is -1.96. The normalized spacial score (nSPS) is 19.4. The smallest absolute Gasteiger partial charge is 0.380 e. The Bertz CT molecular complexity index is 639. The van der Waals surface area contributed by atoms with Gasteiger partial charge in [0.1, 0.15) is 0 Å². The molecule has 2 amide bonds. The second kappa shape index (κ2) is 6.74. The molecule has 0 aromatic heterocycles. The minimum atomic E-state index is -4.45. The van der Waals surface area contributed by atoms with E-state index in [-0.39, 0.29) is 11.1 Å². The van der Waals surface area contributed by atoms with E-state index in [0.29, 0.717) is 25.4 Å². The maximum atomic E-state index is 13.0. The largest absolute Gasteiger partial charge is 0.416 e. The summed E-state index contributed by atoms with van der Waals surface area (Å²) in [4.78, 5) is 14.2. The maximum absolute atomic E-state index is 13.0. The molecule has 2 aliphatic rings. The number of nitrogens with one attached hydrogen (secondary N) is 2. The number of amides is 2. The molecule has 1 aromatic carbocycles. The van der Waals surface area contributed by atoms with Crippen molar-refractivity contribution in [2.24, 2.45) is 5.41 Å². The van der Waals surface area contributed by atoms with Crippen LogP contribution in [0.25, 0.3) is 0 Å². The standard InChI is InChI=1S/C17H22F3N3O2/c1-16(10-25-11-16)9-21-15(24)22-13-8-12(17(18,19)20)4-5-14(13)23-6-2-3-7-23/h4-5,8H,2-3,6-7,9-11H2,1H3,(H2,21,22,24). The minimum absolute atomic E-state index is 0.108. The highest BCUT2D eigenvalue weighted by molar-refractivity contribution is 5.93. The Balaban J connectivity index is 1.75. The highest BCUT2D eigenvalue weighted by atomic mass is 19.4. The molecule has 0 bridgehead atoms. The van der Waals surface area contributed by atoms with Gasteiger partial charge in [-0.1, -0.05) is 6.92 Å². The zero-order valence-corrected chi connectivity index (χ0v) is 14.1. The van der Waals surface area contributed by atoms with E-state index in [4.69, 9.17) is 4.74 Å². The number of urea groups is 1. The van der Waals surface area contributed by atoms with E-state index in [9.17, 15) is 18.0 Å². The molecule has 0 spiro atoms. The van der Waals surface area contributed by atoms with Crippen molar-refractivity contribution in [1.29, 1.82) is 0 Å². The van der Waals surface area contributed by atoms with Crippen LogP contribution in [0.2, 0.25) is 0 Å². The second-order valence-corrected chi connectivity index (χ2v) is 7.03. The average molecular weight is 357 g/mol. The number of alkyl halides is 3. The number of anilines is 2. The molecule has 2 heterocycles. The van der Waals surface area contributed by atoms with Crippen LogP contribution >= 0.6 is 0 Å². The van der Waals surface area contributed by atoms with Crippen molar-refractivity contribution in [1.82, 2.24) is 5.32 Å². The number of hydrogen-bond acceptors (Lipinski definition) is 3. The first-order valence-corrected chi connectivity index (χ1v) is 8.36. The van der Waals surface area contributed by atoms with Crippen LogP contribution in [0.3, 0.4) is 0 Å². The van der Waals surface area contributed by atoms with Crippen molar-refractivity contribution >= 4 is 17.4 Å². The van der Waals surface area contributed by atoms with Crippen LogP contribution in [0.15, 0.2) is 18.2 Å². The number of nitrogens with zero attached hydrogens (tertiary/aromatic N) is 1. The fourth-order valence-electron chi connectivity index (χ4n) is 3.06. The van der Waals surface area contributed by atoms with Gasteiger partial charge in [0.05, 0.1) is 30.2 Å². The van der Waals surface area contributed by atoms with Gasteiger partial charge in [-0.2, -0.15) is 13.2 Å². The summed E-state index contributed by atoms with van der Waals surface area (Å²) in [5, 5.41) is 5.31. The minimum Gasteiger partial charge on any atom is -0.380 e. The van der Waals surface area contributed by atoms with E-state index in [0.717, 1.165) is 38.1 Å². The third kappa shape index (κ3) is 4.18. The number of carbonyl (C=O) groups is 1. The number of hydrogen-bond donors (Lipinski definition) is 2. The van der Waals surface area contributed by atoms with Crippen molar-refractivity contribution < 1.29 is 22.7 Å². The third-order valence-corrected chi connectivity index (χ3v) is 4.60. The third-order valence-electron chi connectivity index (χ3n) is 4.60. The van der Waals surface area contributed by atoms with Gasteiger partial charge in [0.25, 0.3) is 0 Å². The molecule has 2 N–H and O–H groups in total. The molecular weight excluding hydrogens is 335 g/mol. The van der Waals surface area contributed by atoms with Crippen LogP contribution in [0.1, 0.15) is 25.3 Å². The lowest BCUT2D eigenvalue weighted by molar-refractivity contribution is -0.137. The lowest BCUT2D eigenvalue weighted by Gasteiger charge is -2.38. The molecular formula is C17H22F3N3O2. The van der Waals surface area contributed by atoms with Gasteiger partial charge in [0.15, 0.2) is 0 Å². The fraction of sp³-hybridized carbons (Fsp3) is 0.588. The van der Waals surface area contributed by atoms with E-state index in [1.54, 1.807) is 0 Å². The first kappa shape index (κ1) is 17.8. The Morgan fingerprint density at radius 3 is 2.52 bits per heavy atom. The molecule has 1 aromatic rings. The molecule has 2 saturated heterocycles. The molecule has 2 aliphatic heterocycles. The molecule has 5 nitrogen and oxygen atoms in total. The van der Waals surface area contributed by atoms with Crippen molar-refractivity contribution in [3.05, 3.63) is 23.8 Å². The van der Waals surface area contributed by atoms with E-state index < -0.39 is 17.8 Å². The molecule has 0 atom stereocenters. The zero-order chi connectivity index (χ0) is 18.1. The van der Waals surface area contributed by atoms with Crippen molar-refractivity contribution in [3.63, 3.8) is 0 Å². The lowest BCUT2D eigenvalue weighted by atomic mass is 9.89. The van der Waals surface area contributed by atoms with Crippen LogP contribution < -0.4 is 15.5 Å². The molecule has 25 heavy (non-hydrogen) atoms. The summed E-state index contributed by atoms with van der Waals surface area (Å²) >= 11 is 0. The van der Waals surface area contributed by atoms with E-state index >= 15 is 0 Å². The summed E-state index contributed by atoms with van der Waals surface area (Å²) in [5.74, 6) is 0. The average Bonchev–Trinajstić information content (AvgIpc) is 3.04. The quantitative estimate of drug-likeness (QED) is 0.868. The van der Waals surface area contributed by atoms with E-state index in [2.05, 4.69) is 10.6 Å². The molecule has 3 rings (SSSR count). The van der Waals surface area contributed by atoms with Crippen LogP contribution in [0, 0.1) is 5.41 Å². The second-order valence-electron chi connectivity index (χ2n) is 7.03. The van der Waals surface area contributed by atoms with Gasteiger partial charge in [-0.3, -0.25) is 0 Å². The van der Waals surface area contributed by atoms with Gasteiger partial charge in [-0.15, -0.1) is 0 Å². The Morgan fingerprint density at radius 2 is 1.96 bits per heavy atom. The molecule has 138 valence electrons. The molecule has 0 radical (unpaired) electrons. The van der Waals surface area contributed by atoms with Crippen molar-refractivity contribution in [2.45, 2.75) is 25.9 Å². The Morgan fingerprint density at radius 1 is 1.28 bits per heavy atom. The first-order chi connectivity index (χ1) is 11.8. The van der Waals surface area contributed by atoms with Gasteiger partial charge >= 0.3 is 12.2 Å². The van der Waals surface area contributed by atoms with Crippen LogP contribution in [0.4, 0.5) is 29.3 Å². The highest BCUT2D eigenvalue weighted by Crippen LogP contribution is 2.36. The molecule has 0 saturated carbocycles. The SMILES string of the molecule is CC1(CNC(=O)Nc2cc(C(F)(F)F)ccc2N2CCCC2)COC1. The van der Waals surface area contributed by atoms with E-state index in [1.807, 2.05) is 11.8 Å². The predicted octanol–water partition coefficient (Wildman–Crippen LogP) is 3.46. The van der Waals surface area contributed by atoms with Crippen LogP contribution in [0.5, 0.6) is 0 Å². The summed E-state index contributed by atoms with van der Waals surface area (Å²) in [7, 11) is 0.